The monoisotopic (exact) mass is 153 g/mol. The van der Waals surface area contributed by atoms with Gasteiger partial charge in [-0.05, 0) is 11.6 Å². The zero-order valence-corrected chi connectivity index (χ0v) is 6.12. The maximum absolute atomic E-state index is 12.7. The maximum Gasteiger partial charge on any atom is 0.126 e. The van der Waals surface area contributed by atoms with Crippen LogP contribution in [0, 0.1) is 5.82 Å². The minimum Gasteiger partial charge on any atom is -0.207 e. The summed E-state index contributed by atoms with van der Waals surface area (Å²) < 4.78 is 12.7. The molecule has 0 nitrogen and oxygen atoms in total. The average molecular weight is 153 g/mol. The molecule has 0 aliphatic carbocycles. The smallest absolute Gasteiger partial charge is 0.126 e. The van der Waals surface area contributed by atoms with Gasteiger partial charge < -0.3 is 0 Å². The summed E-state index contributed by atoms with van der Waals surface area (Å²) >= 11 is 4.48. The van der Waals surface area contributed by atoms with Gasteiger partial charge in [-0.1, -0.05) is 30.4 Å². The molecule has 0 aliphatic rings. The predicted octanol–water partition coefficient (Wildman–Crippen LogP) is 2.24. The summed E-state index contributed by atoms with van der Waals surface area (Å²) in [4.78, 5) is 0. The van der Waals surface area contributed by atoms with Crippen LogP contribution >= 0.6 is 12.2 Å². The molecule has 0 aromatic heterocycles. The molecule has 0 N–H and O–H groups in total. The number of rotatable bonds is 2. The molecular formula is C8H6FS. The average Bonchev–Trinajstić information content (AvgIpc) is 1.94. The number of thiocarbonyl (C=S) groups is 1. The Morgan fingerprint density at radius 3 is 2.70 bits per heavy atom. The van der Waals surface area contributed by atoms with Crippen LogP contribution in [0.15, 0.2) is 24.3 Å². The van der Waals surface area contributed by atoms with E-state index >= 15 is 0 Å². The molecule has 0 spiro atoms. The van der Waals surface area contributed by atoms with E-state index in [4.69, 9.17) is 0 Å². The molecule has 0 saturated carbocycles. The Kier molecular flexibility index (Phi) is 2.51. The van der Waals surface area contributed by atoms with Gasteiger partial charge in [0.15, 0.2) is 0 Å². The molecule has 51 valence electrons. The first kappa shape index (κ1) is 7.35. The Bertz CT molecular complexity index is 232. The summed E-state index contributed by atoms with van der Waals surface area (Å²) in [7, 11) is 0. The van der Waals surface area contributed by atoms with Gasteiger partial charge in [-0.3, -0.25) is 0 Å². The van der Waals surface area contributed by atoms with Crippen LogP contribution in [0.2, 0.25) is 0 Å². The van der Waals surface area contributed by atoms with Crippen LogP contribution in [-0.2, 0) is 6.42 Å². The van der Waals surface area contributed by atoms with Crippen LogP contribution in [0.5, 0.6) is 0 Å². The van der Waals surface area contributed by atoms with Gasteiger partial charge in [-0.2, -0.15) is 0 Å². The Labute approximate surface area is 64.7 Å². The molecule has 0 bridgehead atoms. The van der Waals surface area contributed by atoms with E-state index in [9.17, 15) is 4.39 Å². The van der Waals surface area contributed by atoms with Crippen molar-refractivity contribution in [2.75, 3.05) is 0 Å². The topological polar surface area (TPSA) is 0 Å². The summed E-state index contributed by atoms with van der Waals surface area (Å²) in [6.07, 6.45) is 0.405. The van der Waals surface area contributed by atoms with Crippen LogP contribution in [0.3, 0.4) is 0 Å². The van der Waals surface area contributed by atoms with Crippen LogP contribution < -0.4 is 0 Å². The van der Waals surface area contributed by atoms with Crippen LogP contribution in [0.25, 0.3) is 0 Å². The van der Waals surface area contributed by atoms with Crippen molar-refractivity contribution in [3.05, 3.63) is 35.6 Å². The van der Waals surface area contributed by atoms with Gasteiger partial charge in [0, 0.05) is 11.8 Å². The van der Waals surface area contributed by atoms with Gasteiger partial charge in [0.25, 0.3) is 0 Å². The van der Waals surface area contributed by atoms with Crippen molar-refractivity contribution in [2.45, 2.75) is 6.42 Å². The van der Waals surface area contributed by atoms with E-state index in [1.165, 1.54) is 6.07 Å². The lowest BCUT2D eigenvalue weighted by Gasteiger charge is -1.94. The van der Waals surface area contributed by atoms with Crippen molar-refractivity contribution in [1.82, 2.24) is 0 Å². The van der Waals surface area contributed by atoms with E-state index in [-0.39, 0.29) is 5.82 Å². The quantitative estimate of drug-likeness (QED) is 0.587. The Balaban J connectivity index is 2.91. The molecule has 1 rings (SSSR count). The van der Waals surface area contributed by atoms with E-state index in [2.05, 4.69) is 17.6 Å². The second-order valence-corrected chi connectivity index (χ2v) is 2.20. The number of halogens is 1. The van der Waals surface area contributed by atoms with Gasteiger partial charge in [0.1, 0.15) is 5.82 Å². The zero-order chi connectivity index (χ0) is 7.40. The Morgan fingerprint density at radius 2 is 2.10 bits per heavy atom. The molecule has 10 heavy (non-hydrogen) atoms. The fraction of sp³-hybridized carbons (Fsp3) is 0.125. The standard InChI is InChI=1S/C8H6FS/c9-8-4-2-1-3-7(8)5-6-10/h1-4H,5H2. The van der Waals surface area contributed by atoms with Crippen LogP contribution in [-0.4, -0.2) is 5.37 Å². The molecule has 0 heterocycles. The van der Waals surface area contributed by atoms with E-state index in [1.807, 2.05) is 0 Å². The molecule has 0 fully saturated rings. The van der Waals surface area contributed by atoms with Crippen LogP contribution in [0.1, 0.15) is 5.56 Å². The first-order valence-electron chi connectivity index (χ1n) is 2.93. The highest BCUT2D eigenvalue weighted by atomic mass is 32.1. The van der Waals surface area contributed by atoms with Crippen molar-refractivity contribution >= 4 is 17.6 Å². The fourth-order valence-electron chi connectivity index (χ4n) is 0.720. The normalized spacial score (nSPS) is 9.30. The summed E-state index contributed by atoms with van der Waals surface area (Å²) in [5.41, 5.74) is 0.609. The van der Waals surface area contributed by atoms with Crippen molar-refractivity contribution in [1.29, 1.82) is 0 Å². The molecule has 1 radical (unpaired) electrons. The largest absolute Gasteiger partial charge is 0.207 e. The lowest BCUT2D eigenvalue weighted by atomic mass is 10.2. The molecule has 2 heteroatoms. The summed E-state index contributed by atoms with van der Waals surface area (Å²) in [6, 6.07) is 6.56. The number of benzene rings is 1. The van der Waals surface area contributed by atoms with Crippen molar-refractivity contribution in [2.24, 2.45) is 0 Å². The van der Waals surface area contributed by atoms with Gasteiger partial charge in [0.05, 0.1) is 0 Å². The maximum atomic E-state index is 12.7. The van der Waals surface area contributed by atoms with E-state index in [0.717, 1.165) is 0 Å². The molecule has 0 aliphatic heterocycles. The molecule has 0 atom stereocenters. The summed E-state index contributed by atoms with van der Waals surface area (Å²) in [5, 5.41) is 2.47. The lowest BCUT2D eigenvalue weighted by Crippen LogP contribution is -1.88. The van der Waals surface area contributed by atoms with E-state index < -0.39 is 0 Å². The molecule has 0 amide bonds. The summed E-state index contributed by atoms with van der Waals surface area (Å²) in [6.45, 7) is 0. The summed E-state index contributed by atoms with van der Waals surface area (Å²) in [5.74, 6) is -0.208. The molecule has 1 aromatic rings. The second-order valence-electron chi connectivity index (χ2n) is 1.91. The van der Waals surface area contributed by atoms with Crippen molar-refractivity contribution in [3.63, 3.8) is 0 Å². The van der Waals surface area contributed by atoms with Crippen molar-refractivity contribution < 1.29 is 4.39 Å². The van der Waals surface area contributed by atoms with Gasteiger partial charge >= 0.3 is 0 Å². The highest BCUT2D eigenvalue weighted by Gasteiger charge is 1.95. The van der Waals surface area contributed by atoms with Gasteiger partial charge in [0.2, 0.25) is 0 Å². The third-order valence-electron chi connectivity index (χ3n) is 1.22. The van der Waals surface area contributed by atoms with Gasteiger partial charge in [-0.25, -0.2) is 4.39 Å². The Morgan fingerprint density at radius 1 is 1.40 bits per heavy atom. The predicted molar refractivity (Wildman–Crippen MR) is 42.7 cm³/mol. The Hall–Kier alpha value is -0.760. The van der Waals surface area contributed by atoms with Crippen molar-refractivity contribution in [3.8, 4) is 0 Å². The third kappa shape index (κ3) is 1.61. The second kappa shape index (κ2) is 3.42. The molecular weight excluding hydrogens is 147 g/mol. The lowest BCUT2D eigenvalue weighted by molar-refractivity contribution is 0.616. The SMILES string of the molecule is Fc1ccccc1C[C]=S. The minimum absolute atomic E-state index is 0.208. The number of hydrogen-bond acceptors (Lipinski definition) is 1. The molecule has 0 unspecified atom stereocenters. The first-order valence-corrected chi connectivity index (χ1v) is 3.34. The highest BCUT2D eigenvalue weighted by Crippen LogP contribution is 2.05. The first-order chi connectivity index (χ1) is 4.84. The van der Waals surface area contributed by atoms with E-state index in [0.29, 0.717) is 12.0 Å². The van der Waals surface area contributed by atoms with E-state index in [1.54, 1.807) is 18.2 Å². The highest BCUT2D eigenvalue weighted by molar-refractivity contribution is 7.78. The molecule has 0 saturated heterocycles. The fourth-order valence-corrected chi connectivity index (χ4v) is 0.875. The number of hydrogen-bond donors (Lipinski definition) is 0. The van der Waals surface area contributed by atoms with Crippen LogP contribution in [0.4, 0.5) is 4.39 Å². The van der Waals surface area contributed by atoms with Gasteiger partial charge in [-0.15, -0.1) is 0 Å². The molecule has 1 aromatic carbocycles. The third-order valence-corrected chi connectivity index (χ3v) is 1.36. The zero-order valence-electron chi connectivity index (χ0n) is 5.30. The minimum atomic E-state index is -0.208.